The minimum absolute atomic E-state index is 0. The number of halogens is 2. The van der Waals surface area contributed by atoms with Crippen LogP contribution < -0.4 is 10.2 Å². The van der Waals surface area contributed by atoms with Gasteiger partial charge in [-0.25, -0.2) is 0 Å². The summed E-state index contributed by atoms with van der Waals surface area (Å²) in [4.78, 5) is 2.10. The fraction of sp³-hybridized carbons (Fsp3) is 0.400. The third kappa shape index (κ3) is 5.48. The maximum Gasteiger partial charge on any atom is 0.0729 e. The average Bonchev–Trinajstić information content (AvgIpc) is 2.86. The lowest BCUT2D eigenvalue weighted by Gasteiger charge is -2.12. The van der Waals surface area contributed by atoms with Gasteiger partial charge >= 0.3 is 0 Å². The van der Waals surface area contributed by atoms with Gasteiger partial charge in [0.15, 0.2) is 0 Å². The highest BCUT2D eigenvalue weighted by molar-refractivity contribution is 5.85. The van der Waals surface area contributed by atoms with Crippen LogP contribution in [0.1, 0.15) is 25.5 Å². The second-order valence-electron chi connectivity index (χ2n) is 5.22. The van der Waals surface area contributed by atoms with Crippen LogP contribution in [0.4, 0.5) is 11.4 Å². The highest BCUT2D eigenvalue weighted by Crippen LogP contribution is 2.14. The van der Waals surface area contributed by atoms with E-state index in [4.69, 9.17) is 0 Å². The van der Waals surface area contributed by atoms with Crippen LogP contribution in [-0.4, -0.2) is 23.9 Å². The second kappa shape index (κ2) is 8.80. The molecule has 0 aliphatic heterocycles. The Morgan fingerprint density at radius 2 is 1.76 bits per heavy atom. The van der Waals surface area contributed by atoms with Crippen LogP contribution in [0, 0.1) is 0 Å². The summed E-state index contributed by atoms with van der Waals surface area (Å²) in [7, 11) is 4.10. The summed E-state index contributed by atoms with van der Waals surface area (Å²) < 4.78 is 1.96. The zero-order valence-corrected chi connectivity index (χ0v) is 14.5. The number of hydrogen-bond acceptors (Lipinski definition) is 3. The SMILES string of the molecule is CC(C)n1cc(NCc2ccc(N(C)C)cc2)cn1.Cl.Cl. The summed E-state index contributed by atoms with van der Waals surface area (Å²) in [6.07, 6.45) is 3.91. The third-order valence-corrected chi connectivity index (χ3v) is 3.08. The van der Waals surface area contributed by atoms with E-state index in [0.717, 1.165) is 12.2 Å². The van der Waals surface area contributed by atoms with Crippen molar-refractivity contribution >= 4 is 36.2 Å². The molecule has 2 rings (SSSR count). The van der Waals surface area contributed by atoms with Gasteiger partial charge in [0.25, 0.3) is 0 Å². The number of anilines is 2. The highest BCUT2D eigenvalue weighted by atomic mass is 35.5. The predicted molar refractivity (Wildman–Crippen MR) is 95.2 cm³/mol. The summed E-state index contributed by atoms with van der Waals surface area (Å²) >= 11 is 0. The molecule has 21 heavy (non-hydrogen) atoms. The van der Waals surface area contributed by atoms with Crippen molar-refractivity contribution in [3.05, 3.63) is 42.2 Å². The van der Waals surface area contributed by atoms with Crippen LogP contribution in [0.15, 0.2) is 36.7 Å². The Bertz CT molecular complexity index is 521. The maximum atomic E-state index is 4.31. The largest absolute Gasteiger partial charge is 0.378 e. The number of aromatic nitrogens is 2. The van der Waals surface area contributed by atoms with Gasteiger partial charge in [-0.15, -0.1) is 24.8 Å². The third-order valence-electron chi connectivity index (χ3n) is 3.08. The molecular weight excluding hydrogens is 307 g/mol. The van der Waals surface area contributed by atoms with Crippen molar-refractivity contribution in [2.75, 3.05) is 24.3 Å². The highest BCUT2D eigenvalue weighted by Gasteiger charge is 2.01. The summed E-state index contributed by atoms with van der Waals surface area (Å²) in [6, 6.07) is 8.96. The minimum Gasteiger partial charge on any atom is -0.378 e. The molecule has 0 spiro atoms. The van der Waals surface area contributed by atoms with Gasteiger partial charge in [0.05, 0.1) is 11.9 Å². The number of rotatable bonds is 5. The van der Waals surface area contributed by atoms with Crippen molar-refractivity contribution in [3.8, 4) is 0 Å². The molecule has 118 valence electrons. The van der Waals surface area contributed by atoms with Gasteiger partial charge < -0.3 is 10.2 Å². The van der Waals surface area contributed by atoms with Crippen molar-refractivity contribution in [3.63, 3.8) is 0 Å². The van der Waals surface area contributed by atoms with E-state index in [-0.39, 0.29) is 24.8 Å². The molecule has 0 saturated heterocycles. The molecule has 0 saturated carbocycles. The van der Waals surface area contributed by atoms with Crippen LogP contribution in [0.5, 0.6) is 0 Å². The smallest absolute Gasteiger partial charge is 0.0729 e. The molecule has 0 atom stereocenters. The molecule has 0 fully saturated rings. The lowest BCUT2D eigenvalue weighted by molar-refractivity contribution is 0.532. The van der Waals surface area contributed by atoms with E-state index >= 15 is 0 Å². The van der Waals surface area contributed by atoms with Gasteiger partial charge in [0.2, 0.25) is 0 Å². The van der Waals surface area contributed by atoms with E-state index in [1.807, 2.05) is 31.2 Å². The molecule has 4 nitrogen and oxygen atoms in total. The first-order valence-corrected chi connectivity index (χ1v) is 6.60. The monoisotopic (exact) mass is 330 g/mol. The standard InChI is InChI=1S/C15H22N4.2ClH/c1-12(2)19-11-14(10-17-19)16-9-13-5-7-15(8-6-13)18(3)4;;/h5-8,10-12,16H,9H2,1-4H3;2*1H. The molecule has 1 N–H and O–H groups in total. The van der Waals surface area contributed by atoms with Crippen molar-refractivity contribution in [1.82, 2.24) is 9.78 Å². The summed E-state index contributed by atoms with van der Waals surface area (Å²) in [6.45, 7) is 5.06. The fourth-order valence-electron chi connectivity index (χ4n) is 1.83. The first-order chi connectivity index (χ1) is 9.06. The van der Waals surface area contributed by atoms with Crippen LogP contribution in [-0.2, 0) is 6.54 Å². The molecular formula is C15H24Cl2N4. The van der Waals surface area contributed by atoms with E-state index in [0.29, 0.717) is 6.04 Å². The van der Waals surface area contributed by atoms with Gasteiger partial charge in [-0.3, -0.25) is 4.68 Å². The minimum atomic E-state index is 0. The van der Waals surface area contributed by atoms with E-state index in [1.165, 1.54) is 11.3 Å². The van der Waals surface area contributed by atoms with Crippen LogP contribution in [0.2, 0.25) is 0 Å². The second-order valence-corrected chi connectivity index (χ2v) is 5.22. The fourth-order valence-corrected chi connectivity index (χ4v) is 1.83. The Hall–Kier alpha value is -1.39. The molecule has 0 radical (unpaired) electrons. The molecule has 0 bridgehead atoms. The lowest BCUT2D eigenvalue weighted by Crippen LogP contribution is -2.08. The van der Waals surface area contributed by atoms with Crippen LogP contribution in [0.25, 0.3) is 0 Å². The van der Waals surface area contributed by atoms with Crippen molar-refractivity contribution < 1.29 is 0 Å². The molecule has 1 aromatic heterocycles. The normalized spacial score (nSPS) is 9.76. The van der Waals surface area contributed by atoms with Gasteiger partial charge in [0, 0.05) is 38.6 Å². The van der Waals surface area contributed by atoms with Crippen molar-refractivity contribution in [2.24, 2.45) is 0 Å². The van der Waals surface area contributed by atoms with Crippen LogP contribution in [0.3, 0.4) is 0 Å². The van der Waals surface area contributed by atoms with E-state index in [9.17, 15) is 0 Å². The number of nitrogens with zero attached hydrogens (tertiary/aromatic N) is 3. The van der Waals surface area contributed by atoms with Crippen LogP contribution >= 0.6 is 24.8 Å². The number of hydrogen-bond donors (Lipinski definition) is 1. The van der Waals surface area contributed by atoms with Gasteiger partial charge in [-0.05, 0) is 31.5 Å². The Morgan fingerprint density at radius 1 is 1.14 bits per heavy atom. The topological polar surface area (TPSA) is 33.1 Å². The zero-order valence-electron chi connectivity index (χ0n) is 12.9. The molecule has 0 unspecified atom stereocenters. The summed E-state index contributed by atoms with van der Waals surface area (Å²) in [5.41, 5.74) is 3.55. The number of benzene rings is 1. The maximum absolute atomic E-state index is 4.31. The van der Waals surface area contributed by atoms with Gasteiger partial charge in [-0.2, -0.15) is 5.10 Å². The van der Waals surface area contributed by atoms with Crippen molar-refractivity contribution in [2.45, 2.75) is 26.4 Å². The van der Waals surface area contributed by atoms with Gasteiger partial charge in [-0.1, -0.05) is 12.1 Å². The Labute approximate surface area is 139 Å². The Balaban J connectivity index is 0.00000200. The van der Waals surface area contributed by atoms with E-state index < -0.39 is 0 Å². The average molecular weight is 331 g/mol. The molecule has 2 aromatic rings. The molecule has 0 amide bonds. The first kappa shape index (κ1) is 19.6. The van der Waals surface area contributed by atoms with Crippen molar-refractivity contribution in [1.29, 1.82) is 0 Å². The molecule has 1 heterocycles. The molecule has 6 heteroatoms. The lowest BCUT2D eigenvalue weighted by atomic mass is 10.2. The Morgan fingerprint density at radius 3 is 2.24 bits per heavy atom. The molecule has 0 aliphatic carbocycles. The quantitative estimate of drug-likeness (QED) is 0.899. The summed E-state index contributed by atoms with van der Waals surface area (Å²) in [5.74, 6) is 0. The van der Waals surface area contributed by atoms with Gasteiger partial charge in [0.1, 0.15) is 0 Å². The van der Waals surface area contributed by atoms with E-state index in [2.05, 4.69) is 53.4 Å². The first-order valence-electron chi connectivity index (χ1n) is 6.60. The Kier molecular flexibility index (Phi) is 8.22. The zero-order chi connectivity index (χ0) is 13.8. The molecule has 1 aromatic carbocycles. The number of nitrogens with one attached hydrogen (secondary N) is 1. The summed E-state index contributed by atoms with van der Waals surface area (Å²) in [5, 5.41) is 7.70. The molecule has 0 aliphatic rings. The predicted octanol–water partition coefficient (Wildman–Crippen LogP) is 3.99. The van der Waals surface area contributed by atoms with E-state index in [1.54, 1.807) is 0 Å².